The molecule has 2 aliphatic heterocycles. The maximum Gasteiger partial charge on any atom is 0.193 e. The van der Waals surface area contributed by atoms with E-state index in [1.807, 2.05) is 7.05 Å². The Kier molecular flexibility index (Phi) is 6.29. The van der Waals surface area contributed by atoms with Gasteiger partial charge in [0.05, 0.1) is 6.61 Å². The predicted molar refractivity (Wildman–Crippen MR) is 96.3 cm³/mol. The normalized spacial score (nSPS) is 21.7. The number of nitrogens with one attached hydrogen (secondary N) is 1. The van der Waals surface area contributed by atoms with Crippen molar-refractivity contribution in [1.29, 1.82) is 0 Å². The number of ether oxygens (including phenoxy) is 1. The van der Waals surface area contributed by atoms with Gasteiger partial charge in [0.1, 0.15) is 0 Å². The average molecular weight is 401 g/mol. The van der Waals surface area contributed by atoms with Crippen LogP contribution >= 0.6 is 24.0 Å². The van der Waals surface area contributed by atoms with Crippen LogP contribution in [-0.4, -0.2) is 44.2 Å². The molecule has 1 aromatic carbocycles. The first kappa shape index (κ1) is 16.5. The van der Waals surface area contributed by atoms with Gasteiger partial charge in [0.15, 0.2) is 5.96 Å². The minimum absolute atomic E-state index is 0. The molecule has 0 aliphatic carbocycles. The molecule has 1 unspecified atom stereocenters. The molecule has 1 N–H and O–H groups in total. The molecule has 0 radical (unpaired) electrons. The van der Waals surface area contributed by atoms with E-state index in [9.17, 15) is 0 Å². The molecular formula is C16H24IN3O. The zero-order chi connectivity index (χ0) is 13.8. The van der Waals surface area contributed by atoms with Crippen molar-refractivity contribution >= 4 is 29.9 Å². The molecule has 1 saturated heterocycles. The summed E-state index contributed by atoms with van der Waals surface area (Å²) in [6, 6.07) is 8.70. The van der Waals surface area contributed by atoms with Crippen molar-refractivity contribution in [2.45, 2.75) is 19.4 Å². The van der Waals surface area contributed by atoms with E-state index in [1.54, 1.807) is 0 Å². The topological polar surface area (TPSA) is 36.9 Å². The van der Waals surface area contributed by atoms with Gasteiger partial charge in [0.25, 0.3) is 0 Å². The number of hydrogen-bond acceptors (Lipinski definition) is 2. The largest absolute Gasteiger partial charge is 0.381 e. The van der Waals surface area contributed by atoms with Crippen LogP contribution in [0.1, 0.15) is 17.5 Å². The molecule has 0 amide bonds. The second kappa shape index (κ2) is 7.98. The quantitative estimate of drug-likeness (QED) is 0.470. The Labute approximate surface area is 144 Å². The van der Waals surface area contributed by atoms with Gasteiger partial charge in [0, 0.05) is 39.2 Å². The Morgan fingerprint density at radius 3 is 2.90 bits per heavy atom. The van der Waals surface area contributed by atoms with Gasteiger partial charge in [-0.15, -0.1) is 24.0 Å². The third kappa shape index (κ3) is 4.10. The molecular weight excluding hydrogens is 377 g/mol. The Morgan fingerprint density at radius 2 is 2.19 bits per heavy atom. The van der Waals surface area contributed by atoms with E-state index in [2.05, 4.69) is 39.5 Å². The van der Waals surface area contributed by atoms with Crippen LogP contribution in [0.25, 0.3) is 0 Å². The Balaban J connectivity index is 0.00000161. The fraction of sp³-hybridized carbons (Fsp3) is 0.562. The summed E-state index contributed by atoms with van der Waals surface area (Å²) < 4.78 is 5.42. The molecule has 1 fully saturated rings. The Morgan fingerprint density at radius 1 is 1.38 bits per heavy atom. The maximum atomic E-state index is 5.42. The number of benzene rings is 1. The molecule has 2 heterocycles. The van der Waals surface area contributed by atoms with Crippen molar-refractivity contribution in [1.82, 2.24) is 10.2 Å². The van der Waals surface area contributed by atoms with Gasteiger partial charge >= 0.3 is 0 Å². The van der Waals surface area contributed by atoms with E-state index in [4.69, 9.17) is 4.74 Å². The van der Waals surface area contributed by atoms with Gasteiger partial charge in [-0.2, -0.15) is 0 Å². The van der Waals surface area contributed by atoms with Crippen molar-refractivity contribution in [3.8, 4) is 0 Å². The molecule has 0 aromatic heterocycles. The molecule has 0 saturated carbocycles. The highest BCUT2D eigenvalue weighted by Gasteiger charge is 2.20. The molecule has 0 bridgehead atoms. The SMILES string of the molecule is CN=C(NCC1CCOC1)N1CCc2ccccc2C1.I. The number of nitrogens with zero attached hydrogens (tertiary/aromatic N) is 2. The van der Waals surface area contributed by atoms with E-state index >= 15 is 0 Å². The molecule has 1 atom stereocenters. The van der Waals surface area contributed by atoms with Gasteiger partial charge in [-0.3, -0.25) is 4.99 Å². The van der Waals surface area contributed by atoms with Crippen molar-refractivity contribution in [2.75, 3.05) is 33.4 Å². The minimum atomic E-state index is 0. The number of guanidine groups is 1. The molecule has 116 valence electrons. The minimum Gasteiger partial charge on any atom is -0.381 e. The van der Waals surface area contributed by atoms with E-state index in [0.717, 1.165) is 51.6 Å². The summed E-state index contributed by atoms with van der Waals surface area (Å²) in [6.45, 7) is 4.74. The average Bonchev–Trinajstić information content (AvgIpc) is 3.01. The number of hydrogen-bond donors (Lipinski definition) is 1. The second-order valence-electron chi connectivity index (χ2n) is 5.60. The molecule has 21 heavy (non-hydrogen) atoms. The van der Waals surface area contributed by atoms with E-state index < -0.39 is 0 Å². The van der Waals surface area contributed by atoms with Crippen molar-refractivity contribution < 1.29 is 4.74 Å². The standard InChI is InChI=1S/C16H23N3O.HI/c1-17-16(18-10-13-7-9-20-12-13)19-8-6-14-4-2-3-5-15(14)11-19;/h2-5,13H,6-12H2,1H3,(H,17,18);1H. The summed E-state index contributed by atoms with van der Waals surface area (Å²) in [7, 11) is 1.87. The van der Waals surface area contributed by atoms with Crippen LogP contribution in [-0.2, 0) is 17.7 Å². The lowest BCUT2D eigenvalue weighted by Gasteiger charge is -2.32. The zero-order valence-electron chi connectivity index (χ0n) is 12.5. The summed E-state index contributed by atoms with van der Waals surface area (Å²) in [6.07, 6.45) is 2.26. The van der Waals surface area contributed by atoms with Crippen molar-refractivity contribution in [3.63, 3.8) is 0 Å². The van der Waals surface area contributed by atoms with Gasteiger partial charge in [-0.25, -0.2) is 0 Å². The summed E-state index contributed by atoms with van der Waals surface area (Å²) in [4.78, 5) is 6.78. The van der Waals surface area contributed by atoms with Crippen LogP contribution in [0.3, 0.4) is 0 Å². The molecule has 3 rings (SSSR count). The third-order valence-corrected chi connectivity index (χ3v) is 4.21. The van der Waals surface area contributed by atoms with Crippen molar-refractivity contribution in [2.24, 2.45) is 10.9 Å². The highest BCUT2D eigenvalue weighted by molar-refractivity contribution is 14.0. The van der Waals surface area contributed by atoms with Crippen LogP contribution in [0.2, 0.25) is 0 Å². The Bertz CT molecular complexity index is 486. The summed E-state index contributed by atoms with van der Waals surface area (Å²) in [5.74, 6) is 1.65. The number of fused-ring (bicyclic) bond motifs is 1. The second-order valence-corrected chi connectivity index (χ2v) is 5.60. The first-order valence-corrected chi connectivity index (χ1v) is 7.47. The summed E-state index contributed by atoms with van der Waals surface area (Å²) in [5, 5.41) is 3.51. The molecule has 0 spiro atoms. The lowest BCUT2D eigenvalue weighted by Crippen LogP contribution is -2.45. The monoisotopic (exact) mass is 401 g/mol. The number of rotatable bonds is 2. The smallest absolute Gasteiger partial charge is 0.193 e. The molecule has 5 heteroatoms. The van der Waals surface area contributed by atoms with E-state index in [0.29, 0.717) is 5.92 Å². The van der Waals surface area contributed by atoms with Crippen LogP contribution in [0.4, 0.5) is 0 Å². The van der Waals surface area contributed by atoms with Crippen LogP contribution < -0.4 is 5.32 Å². The highest BCUT2D eigenvalue weighted by Crippen LogP contribution is 2.18. The van der Waals surface area contributed by atoms with Gasteiger partial charge in [-0.1, -0.05) is 24.3 Å². The number of aliphatic imine (C=N–C) groups is 1. The third-order valence-electron chi connectivity index (χ3n) is 4.21. The maximum absolute atomic E-state index is 5.42. The van der Waals surface area contributed by atoms with Gasteiger partial charge < -0.3 is 15.0 Å². The molecule has 2 aliphatic rings. The molecule has 4 nitrogen and oxygen atoms in total. The van der Waals surface area contributed by atoms with Gasteiger partial charge in [0.2, 0.25) is 0 Å². The Hall–Kier alpha value is -0.820. The van der Waals surface area contributed by atoms with Crippen LogP contribution in [0.15, 0.2) is 29.3 Å². The number of halogens is 1. The predicted octanol–water partition coefficient (Wildman–Crippen LogP) is 2.27. The van der Waals surface area contributed by atoms with Gasteiger partial charge in [-0.05, 0) is 24.0 Å². The first-order valence-electron chi connectivity index (χ1n) is 7.47. The summed E-state index contributed by atoms with van der Waals surface area (Å²) in [5.41, 5.74) is 2.90. The van der Waals surface area contributed by atoms with E-state index in [1.165, 1.54) is 11.1 Å². The van der Waals surface area contributed by atoms with Crippen LogP contribution in [0.5, 0.6) is 0 Å². The highest BCUT2D eigenvalue weighted by atomic mass is 127. The zero-order valence-corrected chi connectivity index (χ0v) is 14.9. The van der Waals surface area contributed by atoms with Crippen LogP contribution in [0, 0.1) is 5.92 Å². The van der Waals surface area contributed by atoms with E-state index in [-0.39, 0.29) is 24.0 Å². The first-order chi connectivity index (χ1) is 9.86. The van der Waals surface area contributed by atoms with Crippen molar-refractivity contribution in [3.05, 3.63) is 35.4 Å². The fourth-order valence-electron chi connectivity index (χ4n) is 2.99. The lowest BCUT2D eigenvalue weighted by molar-refractivity contribution is 0.186. The lowest BCUT2D eigenvalue weighted by atomic mass is 10.0. The molecule has 1 aromatic rings. The fourth-order valence-corrected chi connectivity index (χ4v) is 2.99. The summed E-state index contributed by atoms with van der Waals surface area (Å²) >= 11 is 0.